The largest absolute Gasteiger partial charge is 0.344 e. The third kappa shape index (κ3) is 1.70. The summed E-state index contributed by atoms with van der Waals surface area (Å²) in [6, 6.07) is 15.4. The van der Waals surface area contributed by atoms with Gasteiger partial charge in [0.25, 0.3) is 0 Å². The molecule has 18 heavy (non-hydrogen) atoms. The van der Waals surface area contributed by atoms with E-state index in [1.54, 1.807) is 6.07 Å². The van der Waals surface area contributed by atoms with Gasteiger partial charge in [-0.2, -0.15) is 0 Å². The lowest BCUT2D eigenvalue weighted by atomic mass is 10.1. The van der Waals surface area contributed by atoms with Gasteiger partial charge in [0.05, 0.1) is 5.52 Å². The second-order valence-corrected chi connectivity index (χ2v) is 4.66. The van der Waals surface area contributed by atoms with Gasteiger partial charge < -0.3 is 4.57 Å². The summed E-state index contributed by atoms with van der Waals surface area (Å²) >= 11 is 0. The maximum Gasteiger partial charge on any atom is 0.125 e. The van der Waals surface area contributed by atoms with Crippen LogP contribution in [0.2, 0.25) is 0 Å². The molecule has 0 aliphatic carbocycles. The van der Waals surface area contributed by atoms with E-state index in [4.69, 9.17) is 0 Å². The molecule has 0 aliphatic heterocycles. The molecule has 3 rings (SSSR count). The highest BCUT2D eigenvalue weighted by Crippen LogP contribution is 2.27. The summed E-state index contributed by atoms with van der Waals surface area (Å²) < 4.78 is 15.3. The number of hydrogen-bond acceptors (Lipinski definition) is 0. The van der Waals surface area contributed by atoms with Crippen LogP contribution < -0.4 is 0 Å². The number of halogens is 1. The van der Waals surface area contributed by atoms with E-state index in [-0.39, 0.29) is 5.82 Å². The molecule has 0 aliphatic rings. The van der Waals surface area contributed by atoms with Crippen LogP contribution in [0.3, 0.4) is 0 Å². The van der Waals surface area contributed by atoms with Gasteiger partial charge in [-0.1, -0.05) is 29.8 Å². The predicted molar refractivity (Wildman–Crippen MR) is 73.1 cm³/mol. The van der Waals surface area contributed by atoms with Crippen molar-refractivity contribution in [2.45, 2.75) is 6.92 Å². The van der Waals surface area contributed by atoms with Crippen LogP contribution in [0.4, 0.5) is 4.39 Å². The van der Waals surface area contributed by atoms with E-state index in [1.807, 2.05) is 17.7 Å². The summed E-state index contributed by atoms with van der Waals surface area (Å²) in [5, 5.41) is 1.06. The van der Waals surface area contributed by atoms with Crippen molar-refractivity contribution >= 4 is 10.9 Å². The molecule has 0 unspecified atom stereocenters. The Kier molecular flexibility index (Phi) is 2.44. The van der Waals surface area contributed by atoms with E-state index in [0.29, 0.717) is 0 Å². The van der Waals surface area contributed by atoms with Gasteiger partial charge in [0.2, 0.25) is 0 Å². The average molecular weight is 239 g/mol. The summed E-state index contributed by atoms with van der Waals surface area (Å²) in [5.74, 6) is -0.195. The molecule has 0 bridgehead atoms. The van der Waals surface area contributed by atoms with Gasteiger partial charge in [-0.25, -0.2) is 4.39 Å². The molecule has 1 nitrogen and oxygen atoms in total. The third-order valence-corrected chi connectivity index (χ3v) is 3.35. The van der Waals surface area contributed by atoms with Crippen molar-refractivity contribution in [2.24, 2.45) is 7.05 Å². The lowest BCUT2D eigenvalue weighted by molar-refractivity contribution is 0.629. The molecular formula is C16H14FN. The molecule has 2 heteroatoms. The van der Waals surface area contributed by atoms with E-state index in [2.05, 4.69) is 37.3 Å². The fourth-order valence-corrected chi connectivity index (χ4v) is 2.30. The molecule has 0 atom stereocenters. The zero-order chi connectivity index (χ0) is 12.7. The first kappa shape index (κ1) is 11.0. The van der Waals surface area contributed by atoms with Gasteiger partial charge >= 0.3 is 0 Å². The van der Waals surface area contributed by atoms with E-state index < -0.39 is 0 Å². The Balaban J connectivity index is 2.23. The SMILES string of the molecule is Cc1ccc(-c2cc3ccc(F)cc3n2C)cc1. The van der Waals surface area contributed by atoms with Crippen molar-refractivity contribution in [1.29, 1.82) is 0 Å². The summed E-state index contributed by atoms with van der Waals surface area (Å²) in [6.07, 6.45) is 0. The van der Waals surface area contributed by atoms with Crippen LogP contribution in [0, 0.1) is 12.7 Å². The fourth-order valence-electron chi connectivity index (χ4n) is 2.30. The highest BCUT2D eigenvalue weighted by Gasteiger charge is 2.08. The summed E-state index contributed by atoms with van der Waals surface area (Å²) in [5.41, 5.74) is 4.42. The van der Waals surface area contributed by atoms with E-state index in [0.717, 1.165) is 22.2 Å². The lowest BCUT2D eigenvalue weighted by Gasteiger charge is -2.04. The van der Waals surface area contributed by atoms with Gasteiger partial charge in [-0.3, -0.25) is 0 Å². The highest BCUT2D eigenvalue weighted by molar-refractivity contribution is 5.87. The van der Waals surface area contributed by atoms with Gasteiger partial charge in [-0.15, -0.1) is 0 Å². The van der Waals surface area contributed by atoms with Crippen molar-refractivity contribution < 1.29 is 4.39 Å². The Morgan fingerprint density at radius 2 is 1.67 bits per heavy atom. The number of benzene rings is 2. The molecule has 1 heterocycles. The van der Waals surface area contributed by atoms with Crippen LogP contribution >= 0.6 is 0 Å². The van der Waals surface area contributed by atoms with Crippen molar-refractivity contribution in [2.75, 3.05) is 0 Å². The normalized spacial score (nSPS) is 11.1. The number of nitrogens with zero attached hydrogens (tertiary/aromatic N) is 1. The second-order valence-electron chi connectivity index (χ2n) is 4.66. The zero-order valence-corrected chi connectivity index (χ0v) is 10.4. The first-order valence-corrected chi connectivity index (χ1v) is 5.97. The third-order valence-electron chi connectivity index (χ3n) is 3.35. The van der Waals surface area contributed by atoms with Gasteiger partial charge in [0, 0.05) is 18.1 Å². The molecule has 0 radical (unpaired) electrons. The monoisotopic (exact) mass is 239 g/mol. The Bertz CT molecular complexity index is 708. The topological polar surface area (TPSA) is 4.93 Å². The van der Waals surface area contributed by atoms with Crippen molar-refractivity contribution in [3.63, 3.8) is 0 Å². The van der Waals surface area contributed by atoms with Crippen LogP contribution in [0.25, 0.3) is 22.2 Å². The lowest BCUT2D eigenvalue weighted by Crippen LogP contribution is -1.91. The Labute approximate surface area is 105 Å². The Morgan fingerprint density at radius 3 is 2.39 bits per heavy atom. The van der Waals surface area contributed by atoms with Gasteiger partial charge in [-0.05, 0) is 36.8 Å². The summed E-state index contributed by atoms with van der Waals surface area (Å²) in [6.45, 7) is 2.07. The highest BCUT2D eigenvalue weighted by atomic mass is 19.1. The molecule has 90 valence electrons. The quantitative estimate of drug-likeness (QED) is 0.597. The number of aryl methyl sites for hydroxylation is 2. The number of hydrogen-bond donors (Lipinski definition) is 0. The van der Waals surface area contributed by atoms with Gasteiger partial charge in [0.1, 0.15) is 5.82 Å². The zero-order valence-electron chi connectivity index (χ0n) is 10.4. The molecular weight excluding hydrogens is 225 g/mol. The smallest absolute Gasteiger partial charge is 0.125 e. The molecule has 3 aromatic rings. The molecule has 0 amide bonds. The molecule has 0 N–H and O–H groups in total. The fraction of sp³-hybridized carbons (Fsp3) is 0.125. The average Bonchev–Trinajstić information content (AvgIpc) is 2.68. The Hall–Kier alpha value is -2.09. The van der Waals surface area contributed by atoms with Crippen LogP contribution in [0.5, 0.6) is 0 Å². The van der Waals surface area contributed by atoms with Crippen LogP contribution in [-0.2, 0) is 7.05 Å². The summed E-state index contributed by atoms with van der Waals surface area (Å²) in [7, 11) is 1.97. The molecule has 0 saturated heterocycles. The first-order valence-electron chi connectivity index (χ1n) is 5.97. The van der Waals surface area contributed by atoms with Gasteiger partial charge in [0.15, 0.2) is 0 Å². The molecule has 0 fully saturated rings. The minimum absolute atomic E-state index is 0.195. The minimum Gasteiger partial charge on any atom is -0.344 e. The van der Waals surface area contributed by atoms with Crippen LogP contribution in [0.15, 0.2) is 48.5 Å². The van der Waals surface area contributed by atoms with Crippen LogP contribution in [0.1, 0.15) is 5.56 Å². The second kappa shape index (κ2) is 3.98. The van der Waals surface area contributed by atoms with Crippen molar-refractivity contribution in [3.05, 3.63) is 59.9 Å². The summed E-state index contributed by atoms with van der Waals surface area (Å²) in [4.78, 5) is 0. The van der Waals surface area contributed by atoms with Crippen molar-refractivity contribution in [1.82, 2.24) is 4.57 Å². The van der Waals surface area contributed by atoms with E-state index in [1.165, 1.54) is 11.6 Å². The molecule has 0 saturated carbocycles. The van der Waals surface area contributed by atoms with E-state index >= 15 is 0 Å². The minimum atomic E-state index is -0.195. The predicted octanol–water partition coefficient (Wildman–Crippen LogP) is 4.29. The van der Waals surface area contributed by atoms with E-state index in [9.17, 15) is 4.39 Å². The molecule has 0 spiro atoms. The Morgan fingerprint density at radius 1 is 0.944 bits per heavy atom. The van der Waals surface area contributed by atoms with Crippen molar-refractivity contribution in [3.8, 4) is 11.3 Å². The molecule has 1 aromatic heterocycles. The molecule has 2 aromatic carbocycles. The number of fused-ring (bicyclic) bond motifs is 1. The number of rotatable bonds is 1. The maximum atomic E-state index is 13.3. The standard InChI is InChI=1S/C16H14FN/c1-11-3-5-12(6-4-11)15-9-13-7-8-14(17)10-16(13)18(15)2/h3-10H,1-2H3. The first-order chi connectivity index (χ1) is 8.65. The number of aromatic nitrogens is 1. The van der Waals surface area contributed by atoms with Crippen LogP contribution in [-0.4, -0.2) is 4.57 Å². The maximum absolute atomic E-state index is 13.3.